The van der Waals surface area contributed by atoms with Gasteiger partial charge in [0.15, 0.2) is 0 Å². The summed E-state index contributed by atoms with van der Waals surface area (Å²) in [4.78, 5) is 0. The Bertz CT molecular complexity index is 102. The quantitative estimate of drug-likeness (QED) is 0.571. The third-order valence-electron chi connectivity index (χ3n) is 2.65. The van der Waals surface area contributed by atoms with Crippen molar-refractivity contribution in [3.8, 4) is 0 Å². The summed E-state index contributed by atoms with van der Waals surface area (Å²) in [6.45, 7) is 8.26. The van der Waals surface area contributed by atoms with E-state index in [-0.39, 0.29) is 6.10 Å². The van der Waals surface area contributed by atoms with Crippen molar-refractivity contribution in [2.45, 2.75) is 52.6 Å². The zero-order chi connectivity index (χ0) is 10.1. The maximum atomic E-state index is 9.75. The van der Waals surface area contributed by atoms with E-state index in [0.717, 1.165) is 25.9 Å². The number of nitrogens with one attached hydrogen (secondary N) is 1. The van der Waals surface area contributed by atoms with Gasteiger partial charge in [0, 0.05) is 6.54 Å². The molecule has 1 atom stereocenters. The molecule has 0 saturated carbocycles. The Kier molecular flexibility index (Phi) is 8.46. The highest BCUT2D eigenvalue weighted by molar-refractivity contribution is 4.68. The largest absolute Gasteiger partial charge is 0.392 e. The minimum atomic E-state index is -0.160. The Balaban J connectivity index is 3.42. The van der Waals surface area contributed by atoms with E-state index >= 15 is 0 Å². The highest BCUT2D eigenvalue weighted by atomic mass is 16.3. The minimum Gasteiger partial charge on any atom is -0.392 e. The molecule has 13 heavy (non-hydrogen) atoms. The van der Waals surface area contributed by atoms with Crippen molar-refractivity contribution in [3.05, 3.63) is 0 Å². The van der Waals surface area contributed by atoms with E-state index in [1.807, 2.05) is 0 Å². The fourth-order valence-corrected chi connectivity index (χ4v) is 1.55. The SMILES string of the molecule is CCCCNCC(O)C(CC)CC. The first-order valence-electron chi connectivity index (χ1n) is 5.64. The molecular formula is C11H25NO. The Labute approximate surface area is 82.7 Å². The number of aliphatic hydroxyl groups is 1. The van der Waals surface area contributed by atoms with E-state index in [1.54, 1.807) is 0 Å². The summed E-state index contributed by atoms with van der Waals surface area (Å²) in [6, 6.07) is 0. The number of rotatable bonds is 8. The summed E-state index contributed by atoms with van der Waals surface area (Å²) in [6.07, 6.45) is 4.41. The molecule has 0 aromatic heterocycles. The fraction of sp³-hybridized carbons (Fsp3) is 1.00. The molecule has 0 aromatic carbocycles. The molecule has 2 heteroatoms. The average Bonchev–Trinajstić information content (AvgIpc) is 2.14. The van der Waals surface area contributed by atoms with Crippen LogP contribution in [0.3, 0.4) is 0 Å². The number of aliphatic hydroxyl groups excluding tert-OH is 1. The van der Waals surface area contributed by atoms with Crippen molar-refractivity contribution in [1.29, 1.82) is 0 Å². The normalized spacial score (nSPS) is 13.6. The molecule has 0 aromatic rings. The van der Waals surface area contributed by atoms with E-state index in [9.17, 15) is 5.11 Å². The molecule has 0 aliphatic heterocycles. The van der Waals surface area contributed by atoms with Crippen molar-refractivity contribution in [2.24, 2.45) is 5.92 Å². The summed E-state index contributed by atoms with van der Waals surface area (Å²) in [5.41, 5.74) is 0. The molecule has 0 amide bonds. The average molecular weight is 187 g/mol. The minimum absolute atomic E-state index is 0.160. The summed E-state index contributed by atoms with van der Waals surface area (Å²) in [7, 11) is 0. The molecule has 0 aliphatic carbocycles. The lowest BCUT2D eigenvalue weighted by atomic mass is 9.96. The van der Waals surface area contributed by atoms with Crippen LogP contribution in [0.4, 0.5) is 0 Å². The molecule has 0 aliphatic rings. The maximum absolute atomic E-state index is 9.75. The van der Waals surface area contributed by atoms with Crippen LogP contribution in [0.1, 0.15) is 46.5 Å². The van der Waals surface area contributed by atoms with Crippen LogP contribution in [0.5, 0.6) is 0 Å². The Morgan fingerprint density at radius 2 is 1.77 bits per heavy atom. The van der Waals surface area contributed by atoms with E-state index in [0.29, 0.717) is 5.92 Å². The molecule has 0 rings (SSSR count). The van der Waals surface area contributed by atoms with Crippen molar-refractivity contribution in [2.75, 3.05) is 13.1 Å². The first-order chi connectivity index (χ1) is 6.26. The van der Waals surface area contributed by atoms with Gasteiger partial charge >= 0.3 is 0 Å². The summed E-state index contributed by atoms with van der Waals surface area (Å²) in [5, 5.41) is 13.0. The second-order valence-corrected chi connectivity index (χ2v) is 3.70. The molecule has 1 unspecified atom stereocenters. The molecule has 2 N–H and O–H groups in total. The van der Waals surface area contributed by atoms with Gasteiger partial charge in [-0.3, -0.25) is 0 Å². The third kappa shape index (κ3) is 6.05. The van der Waals surface area contributed by atoms with Gasteiger partial charge in [0.2, 0.25) is 0 Å². The van der Waals surface area contributed by atoms with Crippen molar-refractivity contribution in [3.63, 3.8) is 0 Å². The number of hydrogen-bond acceptors (Lipinski definition) is 2. The lowest BCUT2D eigenvalue weighted by Gasteiger charge is -2.20. The van der Waals surface area contributed by atoms with Gasteiger partial charge in [-0.15, -0.1) is 0 Å². The van der Waals surface area contributed by atoms with Gasteiger partial charge in [0.05, 0.1) is 6.10 Å². The zero-order valence-electron chi connectivity index (χ0n) is 9.34. The summed E-state index contributed by atoms with van der Waals surface area (Å²) < 4.78 is 0. The molecule has 0 spiro atoms. The van der Waals surface area contributed by atoms with Gasteiger partial charge in [-0.05, 0) is 18.9 Å². The third-order valence-corrected chi connectivity index (χ3v) is 2.65. The topological polar surface area (TPSA) is 32.3 Å². The van der Waals surface area contributed by atoms with E-state index in [4.69, 9.17) is 0 Å². The van der Waals surface area contributed by atoms with Crippen LogP contribution < -0.4 is 5.32 Å². The van der Waals surface area contributed by atoms with Crippen LogP contribution in [-0.2, 0) is 0 Å². The molecule has 0 heterocycles. The van der Waals surface area contributed by atoms with Crippen LogP contribution in [0, 0.1) is 5.92 Å². The zero-order valence-corrected chi connectivity index (χ0v) is 9.34. The highest BCUT2D eigenvalue weighted by Gasteiger charge is 2.13. The molecular weight excluding hydrogens is 162 g/mol. The molecule has 2 nitrogen and oxygen atoms in total. The predicted molar refractivity (Wildman–Crippen MR) is 57.9 cm³/mol. The van der Waals surface area contributed by atoms with Gasteiger partial charge in [-0.25, -0.2) is 0 Å². The van der Waals surface area contributed by atoms with Crippen molar-refractivity contribution >= 4 is 0 Å². The Morgan fingerprint density at radius 1 is 1.15 bits per heavy atom. The van der Waals surface area contributed by atoms with Gasteiger partial charge in [0.1, 0.15) is 0 Å². The van der Waals surface area contributed by atoms with Crippen LogP contribution >= 0.6 is 0 Å². The van der Waals surface area contributed by atoms with E-state index < -0.39 is 0 Å². The van der Waals surface area contributed by atoms with Crippen molar-refractivity contribution < 1.29 is 5.11 Å². The predicted octanol–water partition coefficient (Wildman–Crippen LogP) is 2.17. The first kappa shape index (κ1) is 12.9. The lowest BCUT2D eigenvalue weighted by molar-refractivity contribution is 0.102. The number of hydrogen-bond donors (Lipinski definition) is 2. The fourth-order valence-electron chi connectivity index (χ4n) is 1.55. The second kappa shape index (κ2) is 8.52. The van der Waals surface area contributed by atoms with Gasteiger partial charge in [-0.2, -0.15) is 0 Å². The summed E-state index contributed by atoms with van der Waals surface area (Å²) in [5.74, 6) is 0.467. The molecule has 0 radical (unpaired) electrons. The summed E-state index contributed by atoms with van der Waals surface area (Å²) >= 11 is 0. The van der Waals surface area contributed by atoms with Gasteiger partial charge in [-0.1, -0.05) is 40.0 Å². The van der Waals surface area contributed by atoms with Crippen LogP contribution in [-0.4, -0.2) is 24.3 Å². The maximum Gasteiger partial charge on any atom is 0.0692 e. The molecule has 0 bridgehead atoms. The van der Waals surface area contributed by atoms with Crippen LogP contribution in [0.15, 0.2) is 0 Å². The number of unbranched alkanes of at least 4 members (excludes halogenated alkanes) is 1. The van der Waals surface area contributed by atoms with Crippen molar-refractivity contribution in [1.82, 2.24) is 5.32 Å². The Morgan fingerprint density at radius 3 is 2.23 bits per heavy atom. The monoisotopic (exact) mass is 187 g/mol. The van der Waals surface area contributed by atoms with Gasteiger partial charge < -0.3 is 10.4 Å². The van der Waals surface area contributed by atoms with E-state index in [2.05, 4.69) is 26.1 Å². The highest BCUT2D eigenvalue weighted by Crippen LogP contribution is 2.11. The van der Waals surface area contributed by atoms with Crippen LogP contribution in [0.25, 0.3) is 0 Å². The molecule has 80 valence electrons. The molecule has 0 saturated heterocycles. The van der Waals surface area contributed by atoms with Gasteiger partial charge in [0.25, 0.3) is 0 Å². The smallest absolute Gasteiger partial charge is 0.0692 e. The molecule has 0 fully saturated rings. The second-order valence-electron chi connectivity index (χ2n) is 3.70. The standard InChI is InChI=1S/C11H25NO/c1-4-7-8-12-9-11(13)10(5-2)6-3/h10-13H,4-9H2,1-3H3. The van der Waals surface area contributed by atoms with E-state index in [1.165, 1.54) is 12.8 Å². The first-order valence-corrected chi connectivity index (χ1v) is 5.64. The Hall–Kier alpha value is -0.0800. The lowest BCUT2D eigenvalue weighted by Crippen LogP contribution is -2.32. The van der Waals surface area contributed by atoms with Crippen LogP contribution in [0.2, 0.25) is 0 Å².